The lowest BCUT2D eigenvalue weighted by Crippen LogP contribution is -2.30. The van der Waals surface area contributed by atoms with E-state index in [-0.39, 0.29) is 31.1 Å². The van der Waals surface area contributed by atoms with Crippen LogP contribution in [0.4, 0.5) is 0 Å². The van der Waals surface area contributed by atoms with Crippen molar-refractivity contribution in [1.82, 2.24) is 0 Å². The molecule has 0 aliphatic carbocycles. The molecule has 0 aliphatic rings. The molecule has 0 spiro atoms. The lowest BCUT2D eigenvalue weighted by atomic mass is 10.0. The summed E-state index contributed by atoms with van der Waals surface area (Å²) in [4.78, 5) is 38.0. The summed E-state index contributed by atoms with van der Waals surface area (Å²) in [6.07, 6.45) is 70.4. The van der Waals surface area contributed by atoms with Gasteiger partial charge in [-0.25, -0.2) is 0 Å². The topological polar surface area (TPSA) is 78.9 Å². The van der Waals surface area contributed by atoms with Gasteiger partial charge in [0.15, 0.2) is 6.10 Å². The van der Waals surface area contributed by atoms with Gasteiger partial charge in [-0.2, -0.15) is 0 Å². The molecule has 1 unspecified atom stereocenters. The Bertz CT molecular complexity index is 1390. The van der Waals surface area contributed by atoms with E-state index in [4.69, 9.17) is 14.2 Å². The lowest BCUT2D eigenvalue weighted by molar-refractivity contribution is -0.167. The molecule has 0 rings (SSSR count). The summed E-state index contributed by atoms with van der Waals surface area (Å²) in [7, 11) is 0. The maximum Gasteiger partial charge on any atom is 0.306 e. The highest BCUT2D eigenvalue weighted by Crippen LogP contribution is 2.15. The van der Waals surface area contributed by atoms with Crippen molar-refractivity contribution in [3.63, 3.8) is 0 Å². The van der Waals surface area contributed by atoms with Crippen molar-refractivity contribution in [2.45, 2.75) is 213 Å². The fourth-order valence-corrected chi connectivity index (χ4v) is 6.66. The molecular weight excluding hydrogens is 793 g/mol. The third kappa shape index (κ3) is 48.8. The number of ether oxygens (including phenoxy) is 3. The predicted molar refractivity (Wildman–Crippen MR) is 274 cm³/mol. The first-order valence-electron chi connectivity index (χ1n) is 25.7. The molecular formula is C58H92O6. The van der Waals surface area contributed by atoms with Crippen molar-refractivity contribution < 1.29 is 28.6 Å². The average molecular weight is 885 g/mol. The smallest absolute Gasteiger partial charge is 0.306 e. The second kappa shape index (κ2) is 51.4. The molecule has 0 saturated heterocycles. The zero-order valence-corrected chi connectivity index (χ0v) is 41.0. The molecule has 0 saturated carbocycles. The number of hydrogen-bond donors (Lipinski definition) is 0. The number of allylic oxidation sites excluding steroid dienone is 20. The van der Waals surface area contributed by atoms with Crippen molar-refractivity contribution >= 4 is 17.9 Å². The van der Waals surface area contributed by atoms with Gasteiger partial charge in [0.25, 0.3) is 0 Å². The second-order valence-electron chi connectivity index (χ2n) is 16.6. The highest BCUT2D eigenvalue weighted by atomic mass is 16.6. The minimum absolute atomic E-state index is 0.115. The van der Waals surface area contributed by atoms with Crippen LogP contribution in [-0.4, -0.2) is 37.2 Å². The lowest BCUT2D eigenvalue weighted by Gasteiger charge is -2.18. The monoisotopic (exact) mass is 885 g/mol. The first kappa shape index (κ1) is 59.8. The molecule has 0 amide bonds. The summed E-state index contributed by atoms with van der Waals surface area (Å²) in [5.41, 5.74) is 0. The van der Waals surface area contributed by atoms with Gasteiger partial charge in [-0.15, -0.1) is 0 Å². The number of carbonyl (C=O) groups excluding carboxylic acids is 3. The van der Waals surface area contributed by atoms with E-state index in [9.17, 15) is 14.4 Å². The molecule has 360 valence electrons. The predicted octanol–water partition coefficient (Wildman–Crippen LogP) is 16.9. The molecule has 64 heavy (non-hydrogen) atoms. The number of rotatable bonds is 44. The van der Waals surface area contributed by atoms with Gasteiger partial charge >= 0.3 is 17.9 Å². The van der Waals surface area contributed by atoms with Crippen LogP contribution >= 0.6 is 0 Å². The van der Waals surface area contributed by atoms with Crippen molar-refractivity contribution in [3.05, 3.63) is 122 Å². The first-order valence-corrected chi connectivity index (χ1v) is 25.7. The van der Waals surface area contributed by atoms with Crippen LogP contribution in [0.5, 0.6) is 0 Å². The summed E-state index contributed by atoms with van der Waals surface area (Å²) in [6, 6.07) is 0. The van der Waals surface area contributed by atoms with E-state index in [1.54, 1.807) is 0 Å². The van der Waals surface area contributed by atoms with Gasteiger partial charge in [-0.3, -0.25) is 14.4 Å². The van der Waals surface area contributed by atoms with E-state index in [0.717, 1.165) is 83.5 Å². The van der Waals surface area contributed by atoms with Crippen LogP contribution in [0.3, 0.4) is 0 Å². The minimum atomic E-state index is -0.814. The Morgan fingerprint density at radius 1 is 0.328 bits per heavy atom. The molecule has 0 fully saturated rings. The molecule has 0 radical (unpaired) electrons. The molecule has 6 heteroatoms. The van der Waals surface area contributed by atoms with E-state index < -0.39 is 6.10 Å². The molecule has 1 atom stereocenters. The number of unbranched alkanes of at least 4 members (excludes halogenated alkanes) is 21. The van der Waals surface area contributed by atoms with Crippen LogP contribution in [0, 0.1) is 0 Å². The van der Waals surface area contributed by atoms with E-state index in [1.807, 2.05) is 97.2 Å². The van der Waals surface area contributed by atoms with E-state index >= 15 is 0 Å². The zero-order chi connectivity index (χ0) is 46.5. The summed E-state index contributed by atoms with van der Waals surface area (Å²) in [5.74, 6) is -0.999. The Kier molecular flexibility index (Phi) is 48.1. The fourth-order valence-electron chi connectivity index (χ4n) is 6.66. The number of esters is 3. The molecule has 0 N–H and O–H groups in total. The van der Waals surface area contributed by atoms with Crippen molar-refractivity contribution in [2.24, 2.45) is 0 Å². The summed E-state index contributed by atoms with van der Waals surface area (Å²) in [6.45, 7) is 6.27. The van der Waals surface area contributed by atoms with Crippen molar-refractivity contribution in [3.8, 4) is 0 Å². The Morgan fingerprint density at radius 2 is 0.609 bits per heavy atom. The molecule has 0 heterocycles. The van der Waals surface area contributed by atoms with Gasteiger partial charge < -0.3 is 14.2 Å². The van der Waals surface area contributed by atoms with Crippen LogP contribution in [-0.2, 0) is 28.6 Å². The Balaban J connectivity index is 4.54. The highest BCUT2D eigenvalue weighted by molar-refractivity contribution is 5.71. The van der Waals surface area contributed by atoms with Crippen molar-refractivity contribution in [1.29, 1.82) is 0 Å². The number of hydrogen-bond acceptors (Lipinski definition) is 6. The third-order valence-corrected chi connectivity index (χ3v) is 10.5. The van der Waals surface area contributed by atoms with Crippen LogP contribution in [0.1, 0.15) is 207 Å². The Hall–Kier alpha value is -4.19. The quantitative estimate of drug-likeness (QED) is 0.0262. The standard InChI is InChI=1S/C58H92O6/c1-4-7-10-13-16-19-22-25-27-29-31-33-36-39-42-45-48-51-57(60)63-54-55(53-62-56(59)50-47-44-41-38-35-32-24-21-18-15-12-9-6-3)64-58(61)52-49-46-43-40-37-34-30-28-26-23-20-17-14-11-8-5-2/h7,9-10,12-13,15-16,18-19,21-22,24-25,27,29,31-33,35-36,55H,4-6,8,11,14,17,20,23,26,28,30,34,37-54H2,1-3H3/b10-7+,12-9+,16-13+,18-15+,22-19+,24-21+,27-25+,31-29+,35-32+,36-33+. The van der Waals surface area contributed by atoms with E-state index in [2.05, 4.69) is 45.1 Å². The fraction of sp³-hybridized carbons (Fsp3) is 0.603. The maximum absolute atomic E-state index is 12.8. The van der Waals surface area contributed by atoms with Crippen molar-refractivity contribution in [2.75, 3.05) is 13.2 Å². The normalized spacial score (nSPS) is 13.1. The van der Waals surface area contributed by atoms with Crippen LogP contribution in [0.15, 0.2) is 122 Å². The molecule has 0 bridgehead atoms. The van der Waals surface area contributed by atoms with Crippen LogP contribution in [0.2, 0.25) is 0 Å². The molecule has 0 aromatic rings. The highest BCUT2D eigenvalue weighted by Gasteiger charge is 2.19. The third-order valence-electron chi connectivity index (χ3n) is 10.5. The molecule has 0 aliphatic heterocycles. The minimum Gasteiger partial charge on any atom is -0.462 e. The average Bonchev–Trinajstić information content (AvgIpc) is 3.29. The Labute approximate surface area is 392 Å². The Morgan fingerprint density at radius 3 is 0.953 bits per heavy atom. The summed E-state index contributed by atoms with van der Waals surface area (Å²) in [5, 5.41) is 0. The summed E-state index contributed by atoms with van der Waals surface area (Å²) >= 11 is 0. The van der Waals surface area contributed by atoms with Crippen LogP contribution in [0.25, 0.3) is 0 Å². The van der Waals surface area contributed by atoms with Gasteiger partial charge in [-0.05, 0) is 57.8 Å². The van der Waals surface area contributed by atoms with E-state index in [1.165, 1.54) is 83.5 Å². The molecule has 6 nitrogen and oxygen atoms in total. The van der Waals surface area contributed by atoms with Gasteiger partial charge in [-0.1, -0.05) is 251 Å². The van der Waals surface area contributed by atoms with E-state index in [0.29, 0.717) is 19.3 Å². The maximum atomic E-state index is 12.8. The van der Waals surface area contributed by atoms with Gasteiger partial charge in [0, 0.05) is 19.3 Å². The largest absolute Gasteiger partial charge is 0.462 e. The van der Waals surface area contributed by atoms with Gasteiger partial charge in [0.2, 0.25) is 0 Å². The second-order valence-corrected chi connectivity index (χ2v) is 16.6. The molecule has 0 aromatic heterocycles. The van der Waals surface area contributed by atoms with Crippen LogP contribution < -0.4 is 0 Å². The SMILES string of the molecule is CC/C=C/C=C/C=C/C=C/C=C/C=C/CCCCCC(=O)OCC(COC(=O)CCCCC/C=C/C=C/C=C/C=C/CC)OC(=O)CCCCCCCCCCCCCCCCCC. The first-order chi connectivity index (χ1) is 31.5. The summed E-state index contributed by atoms with van der Waals surface area (Å²) < 4.78 is 16.7. The number of carbonyl (C=O) groups is 3. The molecule has 0 aromatic carbocycles. The van der Waals surface area contributed by atoms with Gasteiger partial charge in [0.05, 0.1) is 0 Å². The van der Waals surface area contributed by atoms with Gasteiger partial charge in [0.1, 0.15) is 13.2 Å². The zero-order valence-electron chi connectivity index (χ0n) is 41.0.